The summed E-state index contributed by atoms with van der Waals surface area (Å²) in [6.07, 6.45) is 1.55. The zero-order valence-corrected chi connectivity index (χ0v) is 18.9. The molecule has 0 aromatic heterocycles. The SMILES string of the molecule is CCCC#Cc1cc(C)cc2c1Oc1ccc(C(O)CC(C)C)c(OC)c1C(=O)OC2. The summed E-state index contributed by atoms with van der Waals surface area (Å²) in [5.74, 6) is 7.29. The summed E-state index contributed by atoms with van der Waals surface area (Å²) in [6.45, 7) is 8.19. The molecular weight excluding hydrogens is 392 g/mol. The van der Waals surface area contributed by atoms with E-state index < -0.39 is 12.1 Å². The number of aliphatic hydroxyl groups is 1. The predicted molar refractivity (Wildman–Crippen MR) is 120 cm³/mol. The molecule has 1 N–H and O–H groups in total. The van der Waals surface area contributed by atoms with Gasteiger partial charge >= 0.3 is 5.97 Å². The van der Waals surface area contributed by atoms with Crippen molar-refractivity contribution in [1.29, 1.82) is 0 Å². The Morgan fingerprint density at radius 3 is 2.71 bits per heavy atom. The highest BCUT2D eigenvalue weighted by Gasteiger charge is 2.29. The Hall–Kier alpha value is -2.97. The van der Waals surface area contributed by atoms with E-state index in [0.29, 0.717) is 23.5 Å². The van der Waals surface area contributed by atoms with Crippen LogP contribution in [0.1, 0.15) is 78.7 Å². The molecule has 1 aliphatic rings. The zero-order valence-electron chi connectivity index (χ0n) is 18.9. The van der Waals surface area contributed by atoms with E-state index in [4.69, 9.17) is 14.2 Å². The van der Waals surface area contributed by atoms with Gasteiger partial charge in [0.25, 0.3) is 0 Å². The van der Waals surface area contributed by atoms with Crippen LogP contribution in [0.3, 0.4) is 0 Å². The minimum Gasteiger partial charge on any atom is -0.495 e. The predicted octanol–water partition coefficient (Wildman–Crippen LogP) is 5.70. The van der Waals surface area contributed by atoms with E-state index in [2.05, 4.69) is 18.8 Å². The van der Waals surface area contributed by atoms with Gasteiger partial charge in [-0.25, -0.2) is 4.79 Å². The molecule has 2 aromatic rings. The number of carbonyl (C=O) groups excluding carboxylic acids is 1. The van der Waals surface area contributed by atoms with Crippen molar-refractivity contribution >= 4 is 5.97 Å². The van der Waals surface area contributed by atoms with Crippen molar-refractivity contribution < 1.29 is 24.1 Å². The third-order valence-corrected chi connectivity index (χ3v) is 5.09. The highest BCUT2D eigenvalue weighted by atomic mass is 16.5. The van der Waals surface area contributed by atoms with Crippen molar-refractivity contribution in [2.24, 2.45) is 5.92 Å². The lowest BCUT2D eigenvalue weighted by Crippen LogP contribution is -2.15. The van der Waals surface area contributed by atoms with E-state index in [1.54, 1.807) is 12.1 Å². The number of benzene rings is 2. The van der Waals surface area contributed by atoms with Crippen LogP contribution in [0.25, 0.3) is 0 Å². The first-order valence-electron chi connectivity index (χ1n) is 10.7. The number of unbranched alkanes of at least 4 members (excludes halogenated alkanes) is 1. The van der Waals surface area contributed by atoms with Gasteiger partial charge in [0, 0.05) is 17.5 Å². The number of cyclic esters (lactones) is 1. The highest BCUT2D eigenvalue weighted by molar-refractivity contribution is 5.96. The van der Waals surface area contributed by atoms with E-state index >= 15 is 0 Å². The zero-order chi connectivity index (χ0) is 22.5. The van der Waals surface area contributed by atoms with Crippen LogP contribution in [-0.2, 0) is 11.3 Å². The number of ether oxygens (including phenoxy) is 3. The molecule has 0 spiro atoms. The molecule has 31 heavy (non-hydrogen) atoms. The number of rotatable bonds is 5. The summed E-state index contributed by atoms with van der Waals surface area (Å²) in [5, 5.41) is 10.7. The largest absolute Gasteiger partial charge is 0.495 e. The first-order chi connectivity index (χ1) is 14.8. The molecular formula is C26H30O5. The molecule has 5 nitrogen and oxygen atoms in total. The summed E-state index contributed by atoms with van der Waals surface area (Å²) in [7, 11) is 1.48. The Morgan fingerprint density at radius 1 is 1.26 bits per heavy atom. The van der Waals surface area contributed by atoms with Gasteiger partial charge in [0.05, 0.1) is 18.8 Å². The lowest BCUT2D eigenvalue weighted by Gasteiger charge is -2.24. The van der Waals surface area contributed by atoms with Crippen LogP contribution in [0, 0.1) is 24.7 Å². The molecule has 3 rings (SSSR count). The number of methoxy groups -OCH3 is 1. The summed E-state index contributed by atoms with van der Waals surface area (Å²) in [6, 6.07) is 7.35. The normalized spacial score (nSPS) is 13.6. The van der Waals surface area contributed by atoms with Crippen molar-refractivity contribution in [3.63, 3.8) is 0 Å². The Balaban J connectivity index is 2.14. The Kier molecular flexibility index (Phi) is 7.25. The summed E-state index contributed by atoms with van der Waals surface area (Å²) in [5.41, 5.74) is 3.27. The van der Waals surface area contributed by atoms with Gasteiger partial charge in [-0.15, -0.1) is 0 Å². The second kappa shape index (κ2) is 9.89. The van der Waals surface area contributed by atoms with E-state index in [9.17, 15) is 9.90 Å². The maximum Gasteiger partial charge on any atom is 0.346 e. The third kappa shape index (κ3) is 5.03. The molecule has 0 saturated carbocycles. The van der Waals surface area contributed by atoms with Crippen LogP contribution in [0.5, 0.6) is 17.2 Å². The molecule has 0 bridgehead atoms. The molecule has 1 aliphatic heterocycles. The molecule has 0 aliphatic carbocycles. The van der Waals surface area contributed by atoms with Crippen LogP contribution in [0.4, 0.5) is 0 Å². The van der Waals surface area contributed by atoms with Crippen LogP contribution in [0.15, 0.2) is 24.3 Å². The van der Waals surface area contributed by atoms with E-state index in [1.807, 2.05) is 32.9 Å². The van der Waals surface area contributed by atoms with E-state index in [1.165, 1.54) is 7.11 Å². The van der Waals surface area contributed by atoms with Crippen LogP contribution >= 0.6 is 0 Å². The fourth-order valence-electron chi connectivity index (χ4n) is 3.69. The summed E-state index contributed by atoms with van der Waals surface area (Å²) in [4.78, 5) is 12.9. The van der Waals surface area contributed by atoms with Crippen molar-refractivity contribution in [2.75, 3.05) is 7.11 Å². The molecule has 0 amide bonds. The van der Waals surface area contributed by atoms with Gasteiger partial charge in [0.15, 0.2) is 0 Å². The van der Waals surface area contributed by atoms with Gasteiger partial charge in [-0.2, -0.15) is 0 Å². The van der Waals surface area contributed by atoms with Gasteiger partial charge in [0.2, 0.25) is 0 Å². The standard InChI is InChI=1S/C26H30O5/c1-6-7-8-9-18-13-17(4)14-19-15-30-26(28)23-22(31-24(18)19)11-10-20(25(23)29-5)21(27)12-16(2)3/h10-11,13-14,16,21,27H,6-7,12,15H2,1-5H3. The van der Waals surface area contributed by atoms with Gasteiger partial charge in [0.1, 0.15) is 29.4 Å². The second-order valence-electron chi connectivity index (χ2n) is 8.24. The first kappa shape index (κ1) is 22.7. The Labute approximate surface area is 184 Å². The number of esters is 1. The van der Waals surface area contributed by atoms with Crippen LogP contribution < -0.4 is 9.47 Å². The van der Waals surface area contributed by atoms with Gasteiger partial charge in [-0.3, -0.25) is 0 Å². The fraction of sp³-hybridized carbons (Fsp3) is 0.423. The number of carbonyl (C=O) groups is 1. The van der Waals surface area contributed by atoms with Crippen molar-refractivity contribution in [1.82, 2.24) is 0 Å². The minimum absolute atomic E-state index is 0.0691. The maximum atomic E-state index is 12.9. The lowest BCUT2D eigenvalue weighted by atomic mass is 9.96. The van der Waals surface area contributed by atoms with E-state index in [-0.39, 0.29) is 23.8 Å². The minimum atomic E-state index is -0.760. The number of fused-ring (bicyclic) bond motifs is 2. The molecule has 2 aromatic carbocycles. The molecule has 164 valence electrons. The molecule has 1 unspecified atom stereocenters. The van der Waals surface area contributed by atoms with Gasteiger partial charge < -0.3 is 19.3 Å². The third-order valence-electron chi connectivity index (χ3n) is 5.09. The first-order valence-corrected chi connectivity index (χ1v) is 10.7. The highest BCUT2D eigenvalue weighted by Crippen LogP contribution is 2.42. The van der Waals surface area contributed by atoms with Gasteiger partial charge in [-0.1, -0.05) is 32.6 Å². The van der Waals surface area contributed by atoms with Crippen molar-refractivity contribution in [3.8, 4) is 29.1 Å². The summed E-state index contributed by atoms with van der Waals surface area (Å²) < 4.78 is 17.4. The topological polar surface area (TPSA) is 65.0 Å². The average Bonchev–Trinajstić information content (AvgIpc) is 2.71. The molecule has 5 heteroatoms. The number of aliphatic hydroxyl groups excluding tert-OH is 1. The lowest BCUT2D eigenvalue weighted by molar-refractivity contribution is 0.0454. The number of hydrogen-bond donors (Lipinski definition) is 1. The molecule has 0 radical (unpaired) electrons. The maximum absolute atomic E-state index is 12.9. The molecule has 1 heterocycles. The Morgan fingerprint density at radius 2 is 2.03 bits per heavy atom. The summed E-state index contributed by atoms with van der Waals surface area (Å²) >= 11 is 0. The van der Waals surface area contributed by atoms with Crippen molar-refractivity contribution in [3.05, 3.63) is 52.1 Å². The average molecular weight is 423 g/mol. The Bertz CT molecular complexity index is 1030. The van der Waals surface area contributed by atoms with Crippen LogP contribution in [0.2, 0.25) is 0 Å². The smallest absolute Gasteiger partial charge is 0.346 e. The van der Waals surface area contributed by atoms with E-state index in [0.717, 1.165) is 29.5 Å². The molecule has 0 saturated heterocycles. The number of hydrogen-bond acceptors (Lipinski definition) is 5. The monoisotopic (exact) mass is 422 g/mol. The molecule has 1 atom stereocenters. The second-order valence-corrected chi connectivity index (χ2v) is 8.24. The van der Waals surface area contributed by atoms with Crippen molar-refractivity contribution in [2.45, 2.75) is 59.7 Å². The van der Waals surface area contributed by atoms with Crippen LogP contribution in [-0.4, -0.2) is 18.2 Å². The molecule has 0 fully saturated rings. The number of aryl methyl sites for hydroxylation is 1. The van der Waals surface area contributed by atoms with Gasteiger partial charge in [-0.05, 0) is 55.5 Å². The quantitative estimate of drug-likeness (QED) is 0.495. The fourth-order valence-corrected chi connectivity index (χ4v) is 3.69.